The Hall–Kier alpha value is -6.82. The van der Waals surface area contributed by atoms with Gasteiger partial charge in [0.25, 0.3) is 0 Å². The summed E-state index contributed by atoms with van der Waals surface area (Å²) in [4.78, 5) is 4.06. The normalized spacial score (nSPS) is 15.8. The van der Waals surface area contributed by atoms with Crippen LogP contribution >= 0.6 is 11.3 Å². The second kappa shape index (κ2) is 14.4. The van der Waals surface area contributed by atoms with Gasteiger partial charge in [-0.3, -0.25) is 0 Å². The predicted octanol–water partition coefficient (Wildman–Crippen LogP) is 17.4. The summed E-state index contributed by atoms with van der Waals surface area (Å²) in [6, 6.07) is 58.2. The van der Waals surface area contributed by atoms with Gasteiger partial charge in [0, 0.05) is 59.3 Å². The van der Waals surface area contributed by atoms with Gasteiger partial charge in [0.2, 0.25) is 0 Å². The Labute approximate surface area is 421 Å². The Morgan fingerprint density at radius 2 is 1.20 bits per heavy atom. The van der Waals surface area contributed by atoms with E-state index in [9.17, 15) is 0 Å². The molecule has 0 fully saturated rings. The summed E-state index contributed by atoms with van der Waals surface area (Å²) in [5.41, 5.74) is 22.7. The lowest BCUT2D eigenvalue weighted by molar-refractivity contribution is 0.332. The van der Waals surface area contributed by atoms with Crippen molar-refractivity contribution in [3.05, 3.63) is 174 Å². The highest BCUT2D eigenvalue weighted by atomic mass is 32.1. The van der Waals surface area contributed by atoms with Gasteiger partial charge in [0.1, 0.15) is 11.2 Å². The van der Waals surface area contributed by atoms with Gasteiger partial charge in [-0.25, -0.2) is 0 Å². The summed E-state index contributed by atoms with van der Waals surface area (Å²) in [5.74, 6) is 0. The van der Waals surface area contributed by atoms with Gasteiger partial charge in [-0.1, -0.05) is 166 Å². The minimum atomic E-state index is -0.155. The molecule has 5 heteroatoms. The average Bonchev–Trinajstić information content (AvgIpc) is 4.04. The molecule has 0 amide bonds. The lowest BCUT2D eigenvalue weighted by atomic mass is 9.43. The summed E-state index contributed by atoms with van der Waals surface area (Å²) in [6.45, 7) is 23.7. The van der Waals surface area contributed by atoms with Crippen molar-refractivity contribution in [3.63, 3.8) is 0 Å². The maximum atomic E-state index is 7.36. The van der Waals surface area contributed by atoms with Gasteiger partial charge in [0.05, 0.1) is 16.4 Å². The molecule has 0 N–H and O–H groups in total. The van der Waals surface area contributed by atoms with Crippen LogP contribution in [0.1, 0.15) is 104 Å². The standard InChI is InChI=1S/C66H59BN2OS/c1-63(2,3)40-25-28-42(29-26-40)69-51-36-48-47(65(7,8)31-32-66(48,9)10)34-45(51)56-57-43-23-17-18-24-53(43)70-61(57)58-44-33-41(64(4,5)6)27-30-50(44)68-52-35-46-54(37-49(52)67(69)59(56)60(58)68)71-62(39-21-15-12-16-22-39)55(46)38-19-13-11-14-20-38/h11-30,33-37H,31-32H2,1-10H3. The van der Waals surface area contributed by atoms with Crippen molar-refractivity contribution in [2.24, 2.45) is 0 Å². The molecule has 3 aliphatic rings. The number of rotatable bonds is 3. The zero-order valence-corrected chi connectivity index (χ0v) is 43.5. The first kappa shape index (κ1) is 43.0. The number of aromatic nitrogens is 1. The molecule has 1 aliphatic carbocycles. The summed E-state index contributed by atoms with van der Waals surface area (Å²) in [7, 11) is 0. The minimum absolute atomic E-state index is 0.00992. The lowest BCUT2D eigenvalue weighted by Gasteiger charge is -2.46. The first-order valence-electron chi connectivity index (χ1n) is 25.7. The van der Waals surface area contributed by atoms with E-state index in [2.05, 4.69) is 230 Å². The predicted molar refractivity (Wildman–Crippen MR) is 306 cm³/mol. The van der Waals surface area contributed by atoms with Crippen molar-refractivity contribution in [1.82, 2.24) is 4.57 Å². The van der Waals surface area contributed by atoms with E-state index in [1.165, 1.54) is 126 Å². The maximum Gasteiger partial charge on any atom is 0.333 e. The van der Waals surface area contributed by atoms with Crippen molar-refractivity contribution in [3.8, 4) is 38.4 Å². The number of benzene rings is 8. The van der Waals surface area contributed by atoms with Gasteiger partial charge in [-0.05, 0) is 139 Å². The van der Waals surface area contributed by atoms with E-state index in [-0.39, 0.29) is 28.5 Å². The quantitative estimate of drug-likeness (QED) is 0.165. The van der Waals surface area contributed by atoms with Crippen LogP contribution in [0.25, 0.3) is 92.2 Å². The summed E-state index contributed by atoms with van der Waals surface area (Å²) in [6.07, 6.45) is 2.29. The van der Waals surface area contributed by atoms with Gasteiger partial charge in [-0.2, -0.15) is 0 Å². The first-order valence-corrected chi connectivity index (χ1v) is 26.6. The molecule has 2 aliphatic heterocycles. The highest BCUT2D eigenvalue weighted by Crippen LogP contribution is 2.56. The molecule has 8 aromatic carbocycles. The molecule has 71 heavy (non-hydrogen) atoms. The first-order chi connectivity index (χ1) is 34.0. The van der Waals surface area contributed by atoms with Gasteiger partial charge < -0.3 is 13.8 Å². The number of hydrogen-bond acceptors (Lipinski definition) is 3. The molecule has 11 aromatic rings. The second-order valence-electron chi connectivity index (χ2n) is 24.3. The molecule has 348 valence electrons. The van der Waals surface area contributed by atoms with Crippen LogP contribution in [0.2, 0.25) is 0 Å². The highest BCUT2D eigenvalue weighted by molar-refractivity contribution is 7.23. The molecule has 5 heterocycles. The fourth-order valence-electron chi connectivity index (χ4n) is 13.0. The minimum Gasteiger partial charge on any atom is -0.455 e. The van der Waals surface area contributed by atoms with Crippen LogP contribution in [0.15, 0.2) is 156 Å². The SMILES string of the molecule is CC(C)(C)c1ccc(N2B3c4cc5sc(-c6ccccc6)c(-c6ccccc6)c5cc4-n4c5ccc(C(C)(C)C)cc5c5c6oc7ccccc7c6c(c3c54)-c3cc4c(cc32)C(C)(C)CCC4(C)C)cc1. The number of hydrogen-bond donors (Lipinski definition) is 0. The van der Waals surface area contributed by atoms with Crippen LogP contribution < -0.4 is 15.7 Å². The van der Waals surface area contributed by atoms with Crippen LogP contribution in [0.5, 0.6) is 0 Å². The molecule has 0 saturated heterocycles. The third kappa shape index (κ3) is 6.02. The number of fused-ring (bicyclic) bond motifs is 15. The van der Waals surface area contributed by atoms with E-state index in [0.717, 1.165) is 24.0 Å². The van der Waals surface area contributed by atoms with Crippen LogP contribution in [0.3, 0.4) is 0 Å². The smallest absolute Gasteiger partial charge is 0.333 e. The van der Waals surface area contributed by atoms with Crippen molar-refractivity contribution >= 4 is 94.3 Å². The molecule has 0 bridgehead atoms. The zero-order chi connectivity index (χ0) is 48.7. The zero-order valence-electron chi connectivity index (χ0n) is 42.6. The molecular weight excluding hydrogens is 880 g/mol. The third-order valence-electron chi connectivity index (χ3n) is 16.9. The van der Waals surface area contributed by atoms with E-state index in [0.29, 0.717) is 0 Å². The molecule has 0 spiro atoms. The summed E-state index contributed by atoms with van der Waals surface area (Å²) < 4.78 is 11.3. The largest absolute Gasteiger partial charge is 0.455 e. The third-order valence-corrected chi connectivity index (χ3v) is 18.1. The molecule has 0 radical (unpaired) electrons. The molecule has 3 nitrogen and oxygen atoms in total. The monoisotopic (exact) mass is 938 g/mol. The van der Waals surface area contributed by atoms with Crippen molar-refractivity contribution in [2.75, 3.05) is 4.81 Å². The molecule has 3 aromatic heterocycles. The van der Waals surface area contributed by atoms with Crippen molar-refractivity contribution in [2.45, 2.75) is 104 Å². The van der Waals surface area contributed by atoms with Gasteiger partial charge >= 0.3 is 6.85 Å². The maximum absolute atomic E-state index is 7.36. The van der Waals surface area contributed by atoms with Gasteiger partial charge in [-0.15, -0.1) is 11.3 Å². The van der Waals surface area contributed by atoms with Crippen LogP contribution in [0, 0.1) is 0 Å². The topological polar surface area (TPSA) is 21.3 Å². The number of para-hydroxylation sites is 1. The Morgan fingerprint density at radius 3 is 1.89 bits per heavy atom. The van der Waals surface area contributed by atoms with Gasteiger partial charge in [0.15, 0.2) is 0 Å². The second-order valence-corrected chi connectivity index (χ2v) is 25.4. The molecule has 0 unspecified atom stereocenters. The van der Waals surface area contributed by atoms with E-state index >= 15 is 0 Å². The Bertz CT molecular complexity index is 4060. The number of thiophene rings is 1. The molecule has 0 saturated carbocycles. The van der Waals surface area contributed by atoms with Crippen molar-refractivity contribution < 1.29 is 4.42 Å². The molecule has 14 rings (SSSR count). The fraction of sp³-hybridized carbons (Fsp3) is 0.242. The Kier molecular flexibility index (Phi) is 8.73. The van der Waals surface area contributed by atoms with E-state index < -0.39 is 0 Å². The van der Waals surface area contributed by atoms with E-state index in [4.69, 9.17) is 4.42 Å². The Morgan fingerprint density at radius 1 is 0.563 bits per heavy atom. The summed E-state index contributed by atoms with van der Waals surface area (Å²) >= 11 is 1.93. The lowest BCUT2D eigenvalue weighted by Crippen LogP contribution is -2.60. The number of furan rings is 1. The van der Waals surface area contributed by atoms with Crippen molar-refractivity contribution in [1.29, 1.82) is 0 Å². The molecule has 0 atom stereocenters. The van der Waals surface area contributed by atoms with Crippen LogP contribution in [-0.2, 0) is 21.7 Å². The molecular formula is C66H59BN2OS. The van der Waals surface area contributed by atoms with E-state index in [1.54, 1.807) is 0 Å². The van der Waals surface area contributed by atoms with E-state index in [1.807, 2.05) is 11.3 Å². The Balaban J connectivity index is 1.22. The fourth-order valence-corrected chi connectivity index (χ4v) is 14.2. The highest BCUT2D eigenvalue weighted by Gasteiger charge is 2.48. The van der Waals surface area contributed by atoms with Crippen LogP contribution in [-0.4, -0.2) is 11.4 Å². The number of nitrogens with zero attached hydrogens (tertiary/aromatic N) is 2. The van der Waals surface area contributed by atoms with Crippen LogP contribution in [0.4, 0.5) is 11.4 Å². The average molecular weight is 939 g/mol. The number of anilines is 2. The summed E-state index contributed by atoms with van der Waals surface area (Å²) in [5, 5.41) is 6.13.